The van der Waals surface area contributed by atoms with Gasteiger partial charge in [-0.3, -0.25) is 9.69 Å². The molecule has 140 valence electrons. The Morgan fingerprint density at radius 1 is 1.07 bits per heavy atom. The van der Waals surface area contributed by atoms with Gasteiger partial charge in [0.05, 0.1) is 22.3 Å². The molecule has 3 aromatic carbocycles. The van der Waals surface area contributed by atoms with Crippen molar-refractivity contribution in [2.45, 2.75) is 11.4 Å². The highest BCUT2D eigenvalue weighted by molar-refractivity contribution is 9.10. The van der Waals surface area contributed by atoms with Gasteiger partial charge in [0, 0.05) is 9.37 Å². The summed E-state index contributed by atoms with van der Waals surface area (Å²) >= 11 is 6.76. The zero-order valence-corrected chi connectivity index (χ0v) is 18.4. The molecule has 0 atom stereocenters. The van der Waals surface area contributed by atoms with E-state index >= 15 is 0 Å². The third-order valence-electron chi connectivity index (χ3n) is 4.35. The summed E-state index contributed by atoms with van der Waals surface area (Å²) < 4.78 is 1.86. The van der Waals surface area contributed by atoms with Gasteiger partial charge in [0.15, 0.2) is 5.13 Å². The second-order valence-electron chi connectivity index (χ2n) is 6.19. The number of thioether (sulfide) groups is 1. The van der Waals surface area contributed by atoms with Crippen LogP contribution in [0.5, 0.6) is 0 Å². The van der Waals surface area contributed by atoms with Crippen LogP contribution in [-0.4, -0.2) is 17.1 Å². The summed E-state index contributed by atoms with van der Waals surface area (Å²) in [5.74, 6) is -0.0690. The van der Waals surface area contributed by atoms with E-state index < -0.39 is 0 Å². The predicted octanol–water partition coefficient (Wildman–Crippen LogP) is 6.63. The van der Waals surface area contributed by atoms with Crippen molar-refractivity contribution in [3.63, 3.8) is 0 Å². The molecule has 1 amide bonds. The van der Waals surface area contributed by atoms with Crippen LogP contribution in [0.1, 0.15) is 15.9 Å². The van der Waals surface area contributed by atoms with Crippen molar-refractivity contribution in [2.24, 2.45) is 0 Å². The first-order valence-corrected chi connectivity index (χ1v) is 11.5. The van der Waals surface area contributed by atoms with E-state index in [-0.39, 0.29) is 5.91 Å². The van der Waals surface area contributed by atoms with Crippen LogP contribution < -0.4 is 4.90 Å². The monoisotopic (exact) mass is 468 g/mol. The topological polar surface area (TPSA) is 33.2 Å². The van der Waals surface area contributed by atoms with E-state index in [1.807, 2.05) is 60.7 Å². The van der Waals surface area contributed by atoms with Crippen LogP contribution in [0.4, 0.5) is 5.13 Å². The van der Waals surface area contributed by atoms with Crippen LogP contribution in [0.25, 0.3) is 10.2 Å². The van der Waals surface area contributed by atoms with Crippen LogP contribution in [0.15, 0.2) is 82.2 Å². The number of hydrogen-bond donors (Lipinski definition) is 0. The molecule has 0 aliphatic carbocycles. The number of aromatic nitrogens is 1. The number of fused-ring (bicyclic) bond motifs is 1. The lowest BCUT2D eigenvalue weighted by Gasteiger charge is -2.20. The minimum Gasteiger partial charge on any atom is -0.279 e. The predicted molar refractivity (Wildman–Crippen MR) is 122 cm³/mol. The van der Waals surface area contributed by atoms with Crippen LogP contribution in [0.2, 0.25) is 0 Å². The Morgan fingerprint density at radius 3 is 2.57 bits per heavy atom. The fourth-order valence-electron chi connectivity index (χ4n) is 2.91. The average molecular weight is 469 g/mol. The molecule has 4 rings (SSSR count). The van der Waals surface area contributed by atoms with Gasteiger partial charge in [-0.1, -0.05) is 53.8 Å². The smallest absolute Gasteiger partial charge is 0.261 e. The van der Waals surface area contributed by atoms with E-state index in [0.29, 0.717) is 17.2 Å². The summed E-state index contributed by atoms with van der Waals surface area (Å²) in [6.07, 6.45) is 2.06. The number of carbonyl (C=O) groups excluding carboxylic acids is 1. The largest absolute Gasteiger partial charge is 0.279 e. The van der Waals surface area contributed by atoms with E-state index in [0.717, 1.165) is 20.3 Å². The minimum atomic E-state index is -0.0690. The molecule has 0 saturated carbocycles. The van der Waals surface area contributed by atoms with Crippen LogP contribution >= 0.6 is 39.0 Å². The number of amides is 1. The Hall–Kier alpha value is -2.15. The molecule has 28 heavy (non-hydrogen) atoms. The van der Waals surface area contributed by atoms with Crippen LogP contribution in [0.3, 0.4) is 0 Å². The first kappa shape index (κ1) is 19.2. The molecule has 6 heteroatoms. The number of halogens is 1. The normalized spacial score (nSPS) is 10.9. The maximum atomic E-state index is 13.4. The van der Waals surface area contributed by atoms with E-state index in [1.54, 1.807) is 28.0 Å². The summed E-state index contributed by atoms with van der Waals surface area (Å²) in [4.78, 5) is 21.1. The molecule has 1 heterocycles. The molecular formula is C22H17BrN2OS2. The maximum absolute atomic E-state index is 13.4. The van der Waals surface area contributed by atoms with Crippen molar-refractivity contribution in [1.29, 1.82) is 0 Å². The molecule has 0 fully saturated rings. The molecule has 3 nitrogen and oxygen atoms in total. The summed E-state index contributed by atoms with van der Waals surface area (Å²) in [6, 6.07) is 23.7. The Bertz CT molecular complexity index is 1130. The Kier molecular flexibility index (Phi) is 5.80. The summed E-state index contributed by atoms with van der Waals surface area (Å²) in [7, 11) is 0. The van der Waals surface area contributed by atoms with Gasteiger partial charge in [-0.2, -0.15) is 0 Å². The Balaban J connectivity index is 1.78. The molecule has 0 bridgehead atoms. The number of nitrogens with zero attached hydrogens (tertiary/aromatic N) is 2. The van der Waals surface area contributed by atoms with Crippen LogP contribution in [-0.2, 0) is 6.54 Å². The van der Waals surface area contributed by atoms with Gasteiger partial charge in [-0.25, -0.2) is 4.98 Å². The molecule has 0 spiro atoms. The summed E-state index contributed by atoms with van der Waals surface area (Å²) in [6.45, 7) is 0.468. The Labute approximate surface area is 180 Å². The average Bonchev–Trinajstić information content (AvgIpc) is 3.15. The fourth-order valence-corrected chi connectivity index (χ4v) is 4.88. The van der Waals surface area contributed by atoms with E-state index in [9.17, 15) is 4.79 Å². The lowest BCUT2D eigenvalue weighted by Crippen LogP contribution is -2.30. The van der Waals surface area contributed by atoms with E-state index in [4.69, 9.17) is 4.98 Å². The third-order valence-corrected chi connectivity index (χ3v) is 6.81. The van der Waals surface area contributed by atoms with Gasteiger partial charge in [0.25, 0.3) is 5.91 Å². The van der Waals surface area contributed by atoms with Crippen molar-refractivity contribution in [2.75, 3.05) is 11.2 Å². The molecular weight excluding hydrogens is 452 g/mol. The first-order valence-electron chi connectivity index (χ1n) is 8.70. The van der Waals surface area contributed by atoms with Crippen molar-refractivity contribution >= 4 is 60.3 Å². The number of carbonyl (C=O) groups is 1. The maximum Gasteiger partial charge on any atom is 0.261 e. The highest BCUT2D eigenvalue weighted by Gasteiger charge is 2.23. The second-order valence-corrected chi connectivity index (χ2v) is 8.93. The molecule has 0 saturated heterocycles. The molecule has 0 aliphatic heterocycles. The quantitative estimate of drug-likeness (QED) is 0.308. The molecule has 0 aliphatic rings. The van der Waals surface area contributed by atoms with Gasteiger partial charge >= 0.3 is 0 Å². The number of thiazole rings is 1. The third kappa shape index (κ3) is 3.99. The van der Waals surface area contributed by atoms with Crippen molar-refractivity contribution in [3.05, 3.63) is 88.4 Å². The second kappa shape index (κ2) is 8.47. The first-order chi connectivity index (χ1) is 13.7. The number of hydrogen-bond acceptors (Lipinski definition) is 4. The van der Waals surface area contributed by atoms with Crippen LogP contribution in [0, 0.1) is 0 Å². The van der Waals surface area contributed by atoms with Crippen molar-refractivity contribution in [1.82, 2.24) is 4.98 Å². The lowest BCUT2D eigenvalue weighted by atomic mass is 10.1. The van der Waals surface area contributed by atoms with Gasteiger partial charge in [0.1, 0.15) is 0 Å². The number of rotatable bonds is 5. The standard InChI is InChI=1S/C22H17BrN2OS2/c1-27-16-11-12-19-20(13-16)28-22(24-19)25(14-15-7-3-2-4-8-15)21(26)17-9-5-6-10-18(17)23/h2-13H,14H2,1H3. The molecule has 0 radical (unpaired) electrons. The lowest BCUT2D eigenvalue weighted by molar-refractivity contribution is 0.0984. The number of benzene rings is 3. The molecule has 4 aromatic rings. The number of anilines is 1. The zero-order chi connectivity index (χ0) is 19.5. The zero-order valence-electron chi connectivity index (χ0n) is 15.1. The minimum absolute atomic E-state index is 0.0690. The van der Waals surface area contributed by atoms with Gasteiger partial charge in [0.2, 0.25) is 0 Å². The van der Waals surface area contributed by atoms with Gasteiger partial charge in [-0.05, 0) is 58.1 Å². The van der Waals surface area contributed by atoms with E-state index in [1.165, 1.54) is 4.90 Å². The molecule has 1 aromatic heterocycles. The summed E-state index contributed by atoms with van der Waals surface area (Å²) in [5, 5.41) is 0.706. The van der Waals surface area contributed by atoms with E-state index in [2.05, 4.69) is 34.3 Å². The summed E-state index contributed by atoms with van der Waals surface area (Å²) in [5.41, 5.74) is 2.60. The van der Waals surface area contributed by atoms with Crippen molar-refractivity contribution < 1.29 is 4.79 Å². The van der Waals surface area contributed by atoms with Gasteiger partial charge < -0.3 is 0 Å². The molecule has 0 N–H and O–H groups in total. The van der Waals surface area contributed by atoms with Gasteiger partial charge in [-0.15, -0.1) is 11.8 Å². The SMILES string of the molecule is CSc1ccc2nc(N(Cc3ccccc3)C(=O)c3ccccc3Br)sc2c1. The highest BCUT2D eigenvalue weighted by Crippen LogP contribution is 2.33. The molecule has 0 unspecified atom stereocenters. The fraction of sp³-hybridized carbons (Fsp3) is 0.0909. The Morgan fingerprint density at radius 2 is 1.82 bits per heavy atom. The highest BCUT2D eigenvalue weighted by atomic mass is 79.9. The van der Waals surface area contributed by atoms with Crippen molar-refractivity contribution in [3.8, 4) is 0 Å².